The molecule has 2 N–H and O–H groups in total. The first-order chi connectivity index (χ1) is 7.69. The van der Waals surface area contributed by atoms with E-state index in [9.17, 15) is 0 Å². The first kappa shape index (κ1) is 13.9. The van der Waals surface area contributed by atoms with Crippen molar-refractivity contribution in [3.8, 4) is 0 Å². The Kier molecular flexibility index (Phi) is 6.25. The van der Waals surface area contributed by atoms with Gasteiger partial charge in [-0.2, -0.15) is 0 Å². The van der Waals surface area contributed by atoms with E-state index in [2.05, 4.69) is 19.9 Å². The highest BCUT2D eigenvalue weighted by molar-refractivity contribution is 8.00. The van der Waals surface area contributed by atoms with Crippen LogP contribution in [0.1, 0.15) is 33.1 Å². The van der Waals surface area contributed by atoms with Crippen LogP contribution in [0, 0.1) is 0 Å². The SMILES string of the molecule is CCCC(N)C(CC)Sc1ccccc1Cl. The van der Waals surface area contributed by atoms with Crippen LogP contribution < -0.4 is 5.73 Å². The number of hydrogen-bond acceptors (Lipinski definition) is 2. The van der Waals surface area contributed by atoms with E-state index in [0.717, 1.165) is 29.2 Å². The molecular weight excluding hydrogens is 238 g/mol. The minimum absolute atomic E-state index is 0.260. The van der Waals surface area contributed by atoms with E-state index in [1.165, 1.54) is 0 Å². The largest absolute Gasteiger partial charge is 0.327 e. The van der Waals surface area contributed by atoms with Crippen LogP contribution in [-0.2, 0) is 0 Å². The molecule has 0 saturated carbocycles. The number of thioether (sulfide) groups is 1. The summed E-state index contributed by atoms with van der Waals surface area (Å²) in [5, 5.41) is 1.29. The Morgan fingerprint density at radius 3 is 2.56 bits per heavy atom. The van der Waals surface area contributed by atoms with Crippen molar-refractivity contribution in [3.05, 3.63) is 29.3 Å². The Labute approximate surface area is 108 Å². The predicted molar refractivity (Wildman–Crippen MR) is 74.3 cm³/mol. The molecule has 0 amide bonds. The Morgan fingerprint density at radius 1 is 1.31 bits per heavy atom. The van der Waals surface area contributed by atoms with Crippen LogP contribution in [0.15, 0.2) is 29.2 Å². The van der Waals surface area contributed by atoms with Gasteiger partial charge in [-0.05, 0) is 25.0 Å². The summed E-state index contributed by atoms with van der Waals surface area (Å²) in [6, 6.07) is 8.23. The molecule has 0 aliphatic carbocycles. The maximum absolute atomic E-state index is 6.17. The smallest absolute Gasteiger partial charge is 0.0541 e. The van der Waals surface area contributed by atoms with Gasteiger partial charge in [0.25, 0.3) is 0 Å². The second-order valence-electron chi connectivity index (χ2n) is 3.95. The van der Waals surface area contributed by atoms with E-state index in [4.69, 9.17) is 17.3 Å². The summed E-state index contributed by atoms with van der Waals surface area (Å²) in [7, 11) is 0. The lowest BCUT2D eigenvalue weighted by molar-refractivity contribution is 0.567. The van der Waals surface area contributed by atoms with Gasteiger partial charge in [-0.1, -0.05) is 44.0 Å². The standard InChI is InChI=1S/C13H20ClNS/c1-3-7-11(15)12(4-2)16-13-9-6-5-8-10(13)14/h5-6,8-9,11-12H,3-4,7,15H2,1-2H3. The molecule has 3 heteroatoms. The molecule has 90 valence electrons. The Balaban J connectivity index is 2.66. The van der Waals surface area contributed by atoms with Crippen molar-refractivity contribution in [3.63, 3.8) is 0 Å². The maximum atomic E-state index is 6.17. The molecule has 0 spiro atoms. The Morgan fingerprint density at radius 2 is 2.00 bits per heavy atom. The summed E-state index contributed by atoms with van der Waals surface area (Å²) in [6.45, 7) is 4.36. The molecule has 0 aliphatic heterocycles. The zero-order valence-corrected chi connectivity index (χ0v) is 11.5. The van der Waals surface area contributed by atoms with Crippen LogP contribution in [0.25, 0.3) is 0 Å². The van der Waals surface area contributed by atoms with Gasteiger partial charge in [0.05, 0.1) is 5.02 Å². The number of rotatable bonds is 6. The Bertz CT molecular complexity index is 317. The molecule has 2 atom stereocenters. The first-order valence-electron chi connectivity index (χ1n) is 5.85. The molecule has 2 unspecified atom stereocenters. The molecule has 1 nitrogen and oxygen atoms in total. The van der Waals surface area contributed by atoms with Crippen molar-refractivity contribution in [2.45, 2.75) is 49.3 Å². The van der Waals surface area contributed by atoms with Crippen molar-refractivity contribution in [2.75, 3.05) is 0 Å². The van der Waals surface area contributed by atoms with E-state index in [1.54, 1.807) is 11.8 Å². The third-order valence-electron chi connectivity index (χ3n) is 2.62. The van der Waals surface area contributed by atoms with Crippen molar-refractivity contribution in [1.29, 1.82) is 0 Å². The zero-order chi connectivity index (χ0) is 12.0. The van der Waals surface area contributed by atoms with Crippen LogP contribution in [-0.4, -0.2) is 11.3 Å². The zero-order valence-electron chi connectivity index (χ0n) is 9.95. The topological polar surface area (TPSA) is 26.0 Å². The second kappa shape index (κ2) is 7.21. The van der Waals surface area contributed by atoms with Gasteiger partial charge in [-0.15, -0.1) is 11.8 Å². The molecule has 0 radical (unpaired) electrons. The fourth-order valence-corrected chi connectivity index (χ4v) is 3.11. The van der Waals surface area contributed by atoms with Crippen LogP contribution in [0.4, 0.5) is 0 Å². The molecule has 1 aromatic rings. The van der Waals surface area contributed by atoms with Gasteiger partial charge in [0.15, 0.2) is 0 Å². The first-order valence-corrected chi connectivity index (χ1v) is 7.11. The van der Waals surface area contributed by atoms with Crippen molar-refractivity contribution >= 4 is 23.4 Å². The van der Waals surface area contributed by atoms with E-state index in [1.807, 2.05) is 18.2 Å². The molecule has 0 aromatic heterocycles. The number of nitrogens with two attached hydrogens (primary N) is 1. The fraction of sp³-hybridized carbons (Fsp3) is 0.538. The van der Waals surface area contributed by atoms with Crippen molar-refractivity contribution < 1.29 is 0 Å². The molecule has 0 fully saturated rings. The highest BCUT2D eigenvalue weighted by Gasteiger charge is 2.17. The minimum atomic E-state index is 0.260. The monoisotopic (exact) mass is 257 g/mol. The third kappa shape index (κ3) is 4.00. The van der Waals surface area contributed by atoms with Crippen molar-refractivity contribution in [2.24, 2.45) is 5.73 Å². The molecule has 16 heavy (non-hydrogen) atoms. The summed E-state index contributed by atoms with van der Waals surface area (Å²) in [4.78, 5) is 1.14. The average Bonchev–Trinajstić information content (AvgIpc) is 2.28. The summed E-state index contributed by atoms with van der Waals surface area (Å²) in [6.07, 6.45) is 3.30. The van der Waals surface area contributed by atoms with Gasteiger partial charge < -0.3 is 5.73 Å². The Hall–Kier alpha value is -0.180. The normalized spacial score (nSPS) is 14.8. The third-order valence-corrected chi connectivity index (χ3v) is 4.65. The molecule has 1 rings (SSSR count). The van der Waals surface area contributed by atoms with E-state index < -0.39 is 0 Å². The van der Waals surface area contributed by atoms with E-state index >= 15 is 0 Å². The van der Waals surface area contributed by atoms with E-state index in [0.29, 0.717) is 5.25 Å². The molecule has 0 bridgehead atoms. The summed E-state index contributed by atoms with van der Waals surface area (Å²) in [5.41, 5.74) is 6.17. The van der Waals surface area contributed by atoms with Crippen LogP contribution in [0.5, 0.6) is 0 Å². The highest BCUT2D eigenvalue weighted by Crippen LogP contribution is 2.33. The molecule has 0 aliphatic rings. The van der Waals surface area contributed by atoms with Crippen LogP contribution in [0.3, 0.4) is 0 Å². The van der Waals surface area contributed by atoms with Gasteiger partial charge in [-0.3, -0.25) is 0 Å². The lowest BCUT2D eigenvalue weighted by Gasteiger charge is -2.22. The van der Waals surface area contributed by atoms with Gasteiger partial charge in [0.2, 0.25) is 0 Å². The molecule has 0 saturated heterocycles. The quantitative estimate of drug-likeness (QED) is 0.768. The summed E-state index contributed by atoms with van der Waals surface area (Å²) in [5.74, 6) is 0. The lowest BCUT2D eigenvalue weighted by atomic mass is 10.1. The van der Waals surface area contributed by atoms with Gasteiger partial charge in [-0.25, -0.2) is 0 Å². The number of hydrogen-bond donors (Lipinski definition) is 1. The van der Waals surface area contributed by atoms with Gasteiger partial charge in [0, 0.05) is 16.2 Å². The average molecular weight is 258 g/mol. The second-order valence-corrected chi connectivity index (χ2v) is 5.64. The summed E-state index contributed by atoms with van der Waals surface area (Å²) < 4.78 is 0. The predicted octanol–water partition coefficient (Wildman–Crippen LogP) is 4.34. The fourth-order valence-electron chi connectivity index (χ4n) is 1.70. The van der Waals surface area contributed by atoms with Gasteiger partial charge in [0.1, 0.15) is 0 Å². The maximum Gasteiger partial charge on any atom is 0.0541 e. The molecule has 0 heterocycles. The number of halogens is 1. The minimum Gasteiger partial charge on any atom is -0.327 e. The highest BCUT2D eigenvalue weighted by atomic mass is 35.5. The van der Waals surface area contributed by atoms with Crippen LogP contribution in [0.2, 0.25) is 5.02 Å². The van der Waals surface area contributed by atoms with Crippen molar-refractivity contribution in [1.82, 2.24) is 0 Å². The summed E-state index contributed by atoms with van der Waals surface area (Å²) >= 11 is 7.95. The lowest BCUT2D eigenvalue weighted by Crippen LogP contribution is -2.31. The van der Waals surface area contributed by atoms with Gasteiger partial charge >= 0.3 is 0 Å². The number of benzene rings is 1. The molecular formula is C13H20ClNS. The molecule has 1 aromatic carbocycles. The van der Waals surface area contributed by atoms with Crippen LogP contribution >= 0.6 is 23.4 Å². The van der Waals surface area contributed by atoms with E-state index in [-0.39, 0.29) is 6.04 Å².